The van der Waals surface area contributed by atoms with Gasteiger partial charge in [0, 0.05) is 0 Å². The SMILES string of the molecule is C=C1C[C@@]23CC[C@H]4[C@@](C)(CCC[C@@]4(C)C(=O)OC4OC(CO)C(O)C(O)C4OC4OC(CO)C(O)C(O)C4O)[C@@H]2CCC1(OC1OC(COC2OC(CO)C(O)C(OC4OC(CO)C(O)C(O)C4O)C2OC2OC(CO)C(O)C(O)C2O)C(O)C(OC2OC(CO)C(O)C(O)C2O)C1OC1OC(CO)C(O)C(O)C1O)C3. The molecule has 8 saturated heterocycles. The summed E-state index contributed by atoms with van der Waals surface area (Å²) in [4.78, 5) is 15.2. The third-order valence-corrected chi connectivity index (χ3v) is 25.5. The van der Waals surface area contributed by atoms with Crippen molar-refractivity contribution in [2.24, 2.45) is 28.1 Å². The molecule has 0 amide bonds. The molecule has 8 heterocycles. The molecular formula is C68H110O43. The van der Waals surface area contributed by atoms with Crippen LogP contribution in [0.5, 0.6) is 0 Å². The molecule has 4 aliphatic carbocycles. The molecule has 43 heteroatoms. The maximum atomic E-state index is 15.2. The first kappa shape index (κ1) is 87.9. The number of hydrogen-bond acceptors (Lipinski definition) is 43. The molecule has 0 aromatic heterocycles. The summed E-state index contributed by atoms with van der Waals surface area (Å²) >= 11 is 0. The van der Waals surface area contributed by atoms with E-state index in [0.717, 1.165) is 0 Å². The van der Waals surface area contributed by atoms with E-state index in [4.69, 9.17) is 75.8 Å². The number of aliphatic hydroxyl groups is 26. The minimum Gasteiger partial charge on any atom is -0.432 e. The fraction of sp³-hybridized carbons (Fsp3) is 0.956. The number of esters is 1. The van der Waals surface area contributed by atoms with Crippen molar-refractivity contribution < 1.29 is 213 Å². The van der Waals surface area contributed by atoms with Crippen LogP contribution in [0.2, 0.25) is 0 Å². The molecule has 12 rings (SSSR count). The molecule has 0 radical (unpaired) electrons. The van der Waals surface area contributed by atoms with Gasteiger partial charge < -0.3 is 209 Å². The van der Waals surface area contributed by atoms with Crippen molar-refractivity contribution in [1.29, 1.82) is 0 Å². The van der Waals surface area contributed by atoms with E-state index in [1.165, 1.54) is 0 Å². The van der Waals surface area contributed by atoms with E-state index in [2.05, 4.69) is 13.5 Å². The zero-order valence-electron chi connectivity index (χ0n) is 60.5. The standard InChI is InChI=1S/C68H110O43/c1-21-11-67-9-5-30-65(2,7-4-8-66(30,3)64(95)110-62-53(45(89)37(81)27(17-74)103-62)107-58-48(92)42(86)34(78)24(14-71)99-58)31(67)6-10-68(21,20-67)111-63-55(109-60-50(94)44(88)36(80)26(16-73)101-60)52(106-57-47(91)41(85)33(77)23(13-70)98-57)39(83)29(104-63)19-96-61-54(108-59-49(93)43(87)35(79)25(15-72)100-59)51(38(82)28(18-75)102-61)105-56-46(90)40(84)32(76)22(12-69)97-56/h22-63,69-94H,1,4-20H2,2-3H3/t22?,23?,24?,25?,26?,27?,28?,29?,30-,31-,32?,33?,34?,35?,36?,37?,38?,39?,40?,41?,42?,43?,44?,45?,46?,47?,48?,49?,50?,51?,52?,53?,54?,55?,56?,57?,58?,59?,60?,61?,62?,63?,65+,66+,67+,68?/m0/s1. The highest BCUT2D eigenvalue weighted by Crippen LogP contribution is 2.74. The van der Waals surface area contributed by atoms with Crippen molar-refractivity contribution in [2.45, 2.75) is 323 Å². The summed E-state index contributed by atoms with van der Waals surface area (Å²) in [6, 6.07) is 0. The Morgan fingerprint density at radius 1 is 0.360 bits per heavy atom. The smallest absolute Gasteiger partial charge is 0.314 e. The highest BCUT2D eigenvalue weighted by molar-refractivity contribution is 5.77. The molecule has 2 bridgehead atoms. The molecule has 46 atom stereocenters. The summed E-state index contributed by atoms with van der Waals surface area (Å²) in [6.45, 7) is 0.486. The van der Waals surface area contributed by atoms with Crippen molar-refractivity contribution in [3.8, 4) is 0 Å². The minimum absolute atomic E-state index is 0.0829. The molecule has 1 spiro atoms. The topological polar surface area (TPSA) is 691 Å². The first-order valence-electron chi connectivity index (χ1n) is 37.4. The number of aliphatic hydroxyl groups excluding tert-OH is 26. The predicted octanol–water partition coefficient (Wildman–Crippen LogP) is -13.8. The summed E-state index contributed by atoms with van der Waals surface area (Å²) in [6.07, 6.45) is -76.9. The number of rotatable bonds is 24. The first-order valence-corrected chi connectivity index (χ1v) is 37.4. The van der Waals surface area contributed by atoms with Crippen LogP contribution in [-0.2, 0) is 80.6 Å². The fourth-order valence-electron chi connectivity index (χ4n) is 19.3. The van der Waals surface area contributed by atoms with Crippen molar-refractivity contribution in [1.82, 2.24) is 0 Å². The van der Waals surface area contributed by atoms with E-state index in [9.17, 15) is 133 Å². The van der Waals surface area contributed by atoms with Gasteiger partial charge in [-0.25, -0.2) is 0 Å². The van der Waals surface area contributed by atoms with Gasteiger partial charge in [0.05, 0.1) is 63.9 Å². The highest BCUT2D eigenvalue weighted by atomic mass is 16.8. The molecule has 26 N–H and O–H groups in total. The van der Waals surface area contributed by atoms with Gasteiger partial charge in [0.25, 0.3) is 0 Å². The lowest BCUT2D eigenvalue weighted by Gasteiger charge is -2.64. The molecule has 0 aromatic rings. The number of ether oxygens (including phenoxy) is 16. The summed E-state index contributed by atoms with van der Waals surface area (Å²) in [5, 5.41) is 285. The largest absolute Gasteiger partial charge is 0.432 e. The van der Waals surface area contributed by atoms with E-state index in [0.29, 0.717) is 37.7 Å². The maximum Gasteiger partial charge on any atom is 0.314 e. The Bertz CT molecular complexity index is 3060. The number of fused-ring (bicyclic) bond motifs is 3. The Labute approximate surface area is 633 Å². The van der Waals surface area contributed by atoms with Gasteiger partial charge in [0.1, 0.15) is 189 Å². The molecule has 0 aromatic carbocycles. The zero-order chi connectivity index (χ0) is 80.7. The van der Waals surface area contributed by atoms with Gasteiger partial charge in [-0.1, -0.05) is 19.9 Å². The van der Waals surface area contributed by atoms with Crippen molar-refractivity contribution in [3.05, 3.63) is 12.2 Å². The van der Waals surface area contributed by atoms with Crippen molar-refractivity contribution in [3.63, 3.8) is 0 Å². The molecule has 41 unspecified atom stereocenters. The Kier molecular flexibility index (Phi) is 27.8. The van der Waals surface area contributed by atoms with E-state index in [1.807, 2.05) is 0 Å². The number of carbonyl (C=O) groups is 1. The number of carbonyl (C=O) groups excluding carboxylic acids is 1. The van der Waals surface area contributed by atoms with Crippen LogP contribution in [0.15, 0.2) is 12.2 Å². The molecule has 640 valence electrons. The molecule has 43 nitrogen and oxygen atoms in total. The lowest BCUT2D eigenvalue weighted by atomic mass is 9.41. The lowest BCUT2D eigenvalue weighted by Crippen LogP contribution is -2.69. The average molecular weight is 1620 g/mol. The van der Waals surface area contributed by atoms with E-state index in [-0.39, 0.29) is 31.6 Å². The average Bonchev–Trinajstić information content (AvgIpc) is 1.47. The van der Waals surface area contributed by atoms with Crippen molar-refractivity contribution >= 4 is 5.97 Å². The molecule has 12 fully saturated rings. The predicted molar refractivity (Wildman–Crippen MR) is 350 cm³/mol. The van der Waals surface area contributed by atoms with Crippen LogP contribution in [0.1, 0.15) is 71.6 Å². The second kappa shape index (κ2) is 35.1. The quantitative estimate of drug-likeness (QED) is 0.0242. The maximum absolute atomic E-state index is 15.2. The summed E-state index contributed by atoms with van der Waals surface area (Å²) in [5.41, 5.74) is -3.87. The van der Waals surface area contributed by atoms with Gasteiger partial charge in [-0.05, 0) is 86.5 Å². The van der Waals surface area contributed by atoms with Crippen LogP contribution in [0.3, 0.4) is 0 Å². The van der Waals surface area contributed by atoms with Crippen LogP contribution in [-0.4, -0.2) is 443 Å². The lowest BCUT2D eigenvalue weighted by molar-refractivity contribution is -0.408. The van der Waals surface area contributed by atoms with Gasteiger partial charge >= 0.3 is 5.97 Å². The Hall–Kier alpha value is -2.43. The van der Waals surface area contributed by atoms with Gasteiger partial charge in [0.15, 0.2) is 50.1 Å². The molecule has 111 heavy (non-hydrogen) atoms. The van der Waals surface area contributed by atoms with Gasteiger partial charge in [-0.15, -0.1) is 0 Å². The first-order chi connectivity index (χ1) is 52.5. The van der Waals surface area contributed by atoms with Crippen molar-refractivity contribution in [2.75, 3.05) is 52.9 Å². The third-order valence-electron chi connectivity index (χ3n) is 25.5. The van der Waals surface area contributed by atoms with E-state index >= 15 is 4.79 Å². The minimum atomic E-state index is -2.28. The van der Waals surface area contributed by atoms with Gasteiger partial charge in [-0.2, -0.15) is 0 Å². The monoisotopic (exact) mass is 1610 g/mol. The Morgan fingerprint density at radius 3 is 1.11 bits per heavy atom. The van der Waals surface area contributed by atoms with Gasteiger partial charge in [0.2, 0.25) is 6.29 Å². The Morgan fingerprint density at radius 2 is 0.694 bits per heavy atom. The molecular weight excluding hydrogens is 1500 g/mol. The second-order valence-electron chi connectivity index (χ2n) is 32.1. The van der Waals surface area contributed by atoms with Crippen LogP contribution in [0, 0.1) is 28.1 Å². The summed E-state index contributed by atoms with van der Waals surface area (Å²) in [5.74, 6) is -1.59. The number of hydrogen-bond donors (Lipinski definition) is 26. The van der Waals surface area contributed by atoms with Crippen LogP contribution in [0.25, 0.3) is 0 Å². The van der Waals surface area contributed by atoms with Crippen LogP contribution in [0.4, 0.5) is 0 Å². The van der Waals surface area contributed by atoms with E-state index in [1.54, 1.807) is 6.92 Å². The summed E-state index contributed by atoms with van der Waals surface area (Å²) in [7, 11) is 0. The Balaban J connectivity index is 0.870. The fourth-order valence-corrected chi connectivity index (χ4v) is 19.3. The third kappa shape index (κ3) is 16.1. The highest BCUT2D eigenvalue weighted by Gasteiger charge is 2.71. The summed E-state index contributed by atoms with van der Waals surface area (Å²) < 4.78 is 97.9. The van der Waals surface area contributed by atoms with Crippen LogP contribution < -0.4 is 0 Å². The zero-order valence-corrected chi connectivity index (χ0v) is 60.5. The second-order valence-corrected chi connectivity index (χ2v) is 32.1. The van der Waals surface area contributed by atoms with E-state index < -0.39 is 332 Å². The molecule has 4 saturated carbocycles. The van der Waals surface area contributed by atoms with Crippen LogP contribution >= 0.6 is 0 Å². The normalized spacial score (nSPS) is 54.4. The molecule has 12 aliphatic rings. The van der Waals surface area contributed by atoms with Gasteiger partial charge in [-0.3, -0.25) is 4.79 Å². The molecule has 8 aliphatic heterocycles.